The summed E-state index contributed by atoms with van der Waals surface area (Å²) in [6, 6.07) is 43.2. The molecule has 2 aliphatic carbocycles. The van der Waals surface area contributed by atoms with Gasteiger partial charge in [0.2, 0.25) is 0 Å². The van der Waals surface area contributed by atoms with Gasteiger partial charge in [-0.3, -0.25) is 5.56 Å². The van der Waals surface area contributed by atoms with Crippen LogP contribution < -0.4 is 15.9 Å². The van der Waals surface area contributed by atoms with Crippen molar-refractivity contribution in [3.63, 3.8) is 0 Å². The van der Waals surface area contributed by atoms with Crippen LogP contribution in [0.25, 0.3) is 0 Å². The average molecular weight is 590 g/mol. The van der Waals surface area contributed by atoms with Crippen molar-refractivity contribution in [3.05, 3.63) is 115 Å². The molecule has 206 valence electrons. The molecule has 0 spiro atoms. The van der Waals surface area contributed by atoms with Crippen molar-refractivity contribution in [1.29, 1.82) is 0 Å². The van der Waals surface area contributed by atoms with Crippen molar-refractivity contribution < 1.29 is 17.1 Å². The number of hydrogen-bond donors (Lipinski definition) is 0. The molecule has 0 unspecified atom stereocenters. The summed E-state index contributed by atoms with van der Waals surface area (Å²) in [5.41, 5.74) is 3.93. The van der Waals surface area contributed by atoms with E-state index in [1.807, 2.05) is 0 Å². The number of benzene rings is 2. The molecule has 0 radical (unpaired) electrons. The van der Waals surface area contributed by atoms with Crippen LogP contribution in [0.2, 0.25) is 0 Å². The zero-order valence-electron chi connectivity index (χ0n) is 23.1. The van der Waals surface area contributed by atoms with Crippen LogP contribution in [-0.4, -0.2) is 11.3 Å². The maximum Gasteiger partial charge on any atom is 2.00 e. The molecule has 0 bridgehead atoms. The van der Waals surface area contributed by atoms with Crippen LogP contribution >= 0.6 is 15.8 Å². The third kappa shape index (κ3) is 8.05. The molecule has 0 aliphatic heterocycles. The summed E-state index contributed by atoms with van der Waals surface area (Å²) < 4.78 is 0. The summed E-state index contributed by atoms with van der Waals surface area (Å²) in [7, 11) is -0.551. The Morgan fingerprint density at radius 1 is 0.744 bits per heavy atom. The summed E-state index contributed by atoms with van der Waals surface area (Å²) in [5, 5.41) is 4.72. The molecule has 1 atom stereocenters. The van der Waals surface area contributed by atoms with Gasteiger partial charge in [-0.1, -0.05) is 106 Å². The van der Waals surface area contributed by atoms with Gasteiger partial charge in [-0.25, -0.2) is 7.92 Å². The first kappa shape index (κ1) is 30.5. The molecule has 2 saturated carbocycles. The van der Waals surface area contributed by atoms with Gasteiger partial charge < -0.3 is 53.8 Å². The topological polar surface area (TPSA) is 0 Å². The van der Waals surface area contributed by atoms with Crippen molar-refractivity contribution in [2.75, 3.05) is 0 Å². The van der Waals surface area contributed by atoms with Gasteiger partial charge in [0.25, 0.3) is 0 Å². The van der Waals surface area contributed by atoms with Gasteiger partial charge in [0.15, 0.2) is 0 Å². The van der Waals surface area contributed by atoms with E-state index in [1.165, 1.54) is 74.8 Å². The molecule has 2 aliphatic rings. The Morgan fingerprint density at radius 2 is 1.23 bits per heavy atom. The second-order valence-electron chi connectivity index (χ2n) is 10.7. The first-order valence-electron chi connectivity index (χ1n) is 14.5. The second-order valence-corrected chi connectivity index (χ2v) is 16.0. The van der Waals surface area contributed by atoms with Crippen molar-refractivity contribution in [2.24, 2.45) is 0 Å². The zero-order valence-corrected chi connectivity index (χ0v) is 25.9. The molecular formula is C36H39FeP2-5. The SMILES string of the molecule is C[C@@H](c1[c-]cc[c-]1P(C1CCCCC1)C1CCCCC1)P(c1ccccc1)c1ccccc1.[Fe+2].[c-]1[c-][c-][cH-][c-]1. The molecule has 0 saturated heterocycles. The molecule has 0 nitrogen and oxygen atoms in total. The van der Waals surface area contributed by atoms with E-state index in [1.54, 1.807) is 16.9 Å². The Labute approximate surface area is 250 Å². The molecule has 2 fully saturated rings. The van der Waals surface area contributed by atoms with Crippen LogP contribution in [-0.2, 0) is 17.1 Å². The zero-order chi connectivity index (χ0) is 26.0. The molecule has 3 heteroatoms. The number of hydrogen-bond acceptors (Lipinski definition) is 0. The van der Waals surface area contributed by atoms with Crippen LogP contribution in [0.15, 0.2) is 78.9 Å². The van der Waals surface area contributed by atoms with Gasteiger partial charge in [0.1, 0.15) is 0 Å². The van der Waals surface area contributed by atoms with E-state index < -0.39 is 7.92 Å². The molecule has 0 heterocycles. The average Bonchev–Trinajstić information content (AvgIpc) is 3.72. The largest absolute Gasteiger partial charge is 2.00 e. The Morgan fingerprint density at radius 3 is 1.67 bits per heavy atom. The van der Waals surface area contributed by atoms with E-state index in [-0.39, 0.29) is 25.0 Å². The van der Waals surface area contributed by atoms with E-state index in [9.17, 15) is 0 Å². The predicted octanol–water partition coefficient (Wildman–Crippen LogP) is 8.78. The molecule has 4 aromatic rings. The van der Waals surface area contributed by atoms with Crippen LogP contribution in [0.5, 0.6) is 0 Å². The fraction of sp³-hybridized carbons (Fsp3) is 0.389. The van der Waals surface area contributed by atoms with Gasteiger partial charge in [0, 0.05) is 0 Å². The smallest absolute Gasteiger partial charge is 0.999 e. The van der Waals surface area contributed by atoms with Gasteiger partial charge in [-0.05, 0) is 61.2 Å². The van der Waals surface area contributed by atoms with Crippen molar-refractivity contribution >= 4 is 31.8 Å². The van der Waals surface area contributed by atoms with E-state index in [2.05, 4.69) is 110 Å². The quantitative estimate of drug-likeness (QED) is 0.115. The molecule has 4 aromatic carbocycles. The van der Waals surface area contributed by atoms with Crippen LogP contribution in [0.4, 0.5) is 0 Å². The first-order valence-corrected chi connectivity index (χ1v) is 17.4. The minimum absolute atomic E-state index is 0. The van der Waals surface area contributed by atoms with Crippen molar-refractivity contribution in [2.45, 2.75) is 88.1 Å². The monoisotopic (exact) mass is 589 g/mol. The van der Waals surface area contributed by atoms with E-state index in [0.717, 1.165) is 11.3 Å². The van der Waals surface area contributed by atoms with E-state index >= 15 is 0 Å². The maximum absolute atomic E-state index is 3.82. The predicted molar refractivity (Wildman–Crippen MR) is 166 cm³/mol. The maximum atomic E-state index is 3.82. The summed E-state index contributed by atoms with van der Waals surface area (Å²) in [6.45, 7) is 2.50. The molecule has 39 heavy (non-hydrogen) atoms. The van der Waals surface area contributed by atoms with Crippen molar-refractivity contribution in [1.82, 2.24) is 0 Å². The summed E-state index contributed by atoms with van der Waals surface area (Å²) in [6.07, 6.45) is 14.6. The fourth-order valence-electron chi connectivity index (χ4n) is 6.43. The Hall–Kier alpha value is -1.48. The number of rotatable bonds is 7. The standard InChI is InChI=1S/C31H38P2.C5H.Fe/c1-25(32(26-15-6-2-7-16-26)27-17-8-3-9-18-27)30-23-14-24-31(30)33(28-19-10-4-11-20-28)29-21-12-5-13-22-29;1-2-4-5-3-1;/h2-3,6-9,14-18,24-25,28-29H,4-5,10-13,19-22H2,1H3;1H;/q-2;-5;+2/t25-;;/m0../s1. The molecule has 6 rings (SSSR count). The van der Waals surface area contributed by atoms with Gasteiger partial charge in [0.05, 0.1) is 0 Å². The summed E-state index contributed by atoms with van der Waals surface area (Å²) in [4.78, 5) is 0. The fourth-order valence-corrected chi connectivity index (χ4v) is 13.2. The summed E-state index contributed by atoms with van der Waals surface area (Å²) >= 11 is 0. The second kappa shape index (κ2) is 16.1. The van der Waals surface area contributed by atoms with Crippen molar-refractivity contribution in [3.8, 4) is 0 Å². The molecular weight excluding hydrogens is 550 g/mol. The van der Waals surface area contributed by atoms with Gasteiger partial charge >= 0.3 is 17.1 Å². The summed E-state index contributed by atoms with van der Waals surface area (Å²) in [5.74, 6) is 0. The molecule has 0 N–H and O–H groups in total. The van der Waals surface area contributed by atoms with Crippen LogP contribution in [0.3, 0.4) is 0 Å². The Kier molecular flexibility index (Phi) is 12.6. The van der Waals surface area contributed by atoms with Gasteiger partial charge in [-0.15, -0.1) is 0 Å². The van der Waals surface area contributed by atoms with E-state index in [0.29, 0.717) is 5.66 Å². The first-order chi connectivity index (χ1) is 18.8. The Bertz CT molecular complexity index is 1080. The van der Waals surface area contributed by atoms with Crippen LogP contribution in [0, 0.1) is 30.3 Å². The minimum Gasteiger partial charge on any atom is -0.999 e. The molecule has 0 amide bonds. The third-order valence-corrected chi connectivity index (χ3v) is 14.5. The van der Waals surface area contributed by atoms with E-state index in [4.69, 9.17) is 0 Å². The normalized spacial score (nSPS) is 17.3. The Balaban J connectivity index is 0.000000530. The van der Waals surface area contributed by atoms with Crippen LogP contribution in [0.1, 0.15) is 82.4 Å². The van der Waals surface area contributed by atoms with Gasteiger partial charge in [-0.2, -0.15) is 0 Å². The third-order valence-electron chi connectivity index (χ3n) is 8.20. The minimum atomic E-state index is -0.459. The molecule has 0 aromatic heterocycles.